The smallest absolute Gasteiger partial charge is 0.271 e. The van der Waals surface area contributed by atoms with Crippen LogP contribution in [-0.4, -0.2) is 37.4 Å². The molecule has 2 rings (SSSR count). The molecule has 2 N–H and O–H groups in total. The lowest BCUT2D eigenvalue weighted by molar-refractivity contribution is -0.752. The summed E-state index contributed by atoms with van der Waals surface area (Å²) in [6, 6.07) is 6.89. The van der Waals surface area contributed by atoms with Crippen molar-refractivity contribution in [1.29, 1.82) is 0 Å². The molecule has 0 fully saturated rings. The van der Waals surface area contributed by atoms with Gasteiger partial charge in [-0.25, -0.2) is 13.1 Å². The van der Waals surface area contributed by atoms with Gasteiger partial charge in [0.2, 0.25) is 16.2 Å². The molecule has 1 amide bonds. The van der Waals surface area contributed by atoms with Gasteiger partial charge in [-0.05, 0) is 6.07 Å². The lowest BCUT2D eigenvalue weighted by Crippen LogP contribution is -2.41. The zero-order chi connectivity index (χ0) is 14.8. The molecule has 1 heterocycles. The van der Waals surface area contributed by atoms with Gasteiger partial charge in [0.05, 0.1) is 6.26 Å². The molecule has 0 bridgehead atoms. The number of carbonyl (C=O) groups excluding carboxylic acids is 1. The van der Waals surface area contributed by atoms with Crippen LogP contribution in [0, 0.1) is 0 Å². The third-order valence-electron chi connectivity index (χ3n) is 2.56. The molecule has 0 spiro atoms. The molecule has 8 heteroatoms. The maximum Gasteiger partial charge on any atom is 0.271 e. The number of aliphatic hydroxyl groups is 1. The van der Waals surface area contributed by atoms with Crippen molar-refractivity contribution in [3.63, 3.8) is 0 Å². The first-order valence-corrected chi connectivity index (χ1v) is 7.72. The number of fused-ring (bicyclic) bond motifs is 1. The van der Waals surface area contributed by atoms with Crippen molar-refractivity contribution in [3.05, 3.63) is 36.0 Å². The van der Waals surface area contributed by atoms with Crippen molar-refractivity contribution in [2.45, 2.75) is 6.54 Å². The summed E-state index contributed by atoms with van der Waals surface area (Å²) in [5.74, 6) is -0.724. The Labute approximate surface area is 115 Å². The summed E-state index contributed by atoms with van der Waals surface area (Å²) in [4.78, 5) is 12.0. The quantitative estimate of drug-likeness (QED) is 0.720. The van der Waals surface area contributed by atoms with Crippen LogP contribution in [0.5, 0.6) is 0 Å². The van der Waals surface area contributed by atoms with Crippen molar-refractivity contribution in [2.75, 3.05) is 12.9 Å². The highest BCUT2D eigenvalue weighted by Crippen LogP contribution is 2.14. The third kappa shape index (κ3) is 3.28. The highest BCUT2D eigenvalue weighted by molar-refractivity contribution is 7.89. The van der Waals surface area contributed by atoms with E-state index in [4.69, 9.17) is 5.11 Å². The summed E-state index contributed by atoms with van der Waals surface area (Å²) in [6.45, 7) is 0.0765. The normalized spacial score (nSPS) is 11.5. The molecular formula is C12H14N3O4S+. The molecule has 0 atom stereocenters. The van der Waals surface area contributed by atoms with Crippen LogP contribution in [0.25, 0.3) is 10.9 Å². The molecule has 0 saturated heterocycles. The van der Waals surface area contributed by atoms with E-state index in [1.807, 2.05) is 4.72 Å². The van der Waals surface area contributed by atoms with E-state index in [-0.39, 0.29) is 18.7 Å². The van der Waals surface area contributed by atoms with Crippen LogP contribution in [-0.2, 0) is 16.6 Å². The van der Waals surface area contributed by atoms with Crippen LogP contribution in [0.4, 0.5) is 0 Å². The number of hydrogen-bond donors (Lipinski definition) is 2. The largest absolute Gasteiger partial charge is 0.390 e. The third-order valence-corrected chi connectivity index (χ3v) is 3.12. The number of rotatable bonds is 4. The Morgan fingerprint density at radius 1 is 1.40 bits per heavy atom. The molecule has 0 aliphatic heterocycles. The van der Waals surface area contributed by atoms with Crippen LogP contribution in [0.1, 0.15) is 10.4 Å². The van der Waals surface area contributed by atoms with Gasteiger partial charge in [0, 0.05) is 10.5 Å². The van der Waals surface area contributed by atoms with Gasteiger partial charge in [-0.3, -0.25) is 4.79 Å². The Hall–Kier alpha value is -2.06. The number of aromatic nitrogens is 2. The zero-order valence-electron chi connectivity index (χ0n) is 10.8. The second-order valence-corrected chi connectivity index (χ2v) is 6.00. The summed E-state index contributed by atoms with van der Waals surface area (Å²) in [5, 5.41) is 13.7. The molecule has 20 heavy (non-hydrogen) atoms. The number of aliphatic hydroxyl groups excluding tert-OH is 1. The van der Waals surface area contributed by atoms with E-state index in [1.165, 1.54) is 10.9 Å². The molecular weight excluding hydrogens is 282 g/mol. The standard InChI is InChI=1S/C12H13N3O4S/c1-20(18,19)14-12(17)10-8-15(6-7-16)13-11-5-3-2-4-9(10)11/h2-5,8,16H,6-7H2,1H3/p+1. The van der Waals surface area contributed by atoms with Crippen molar-refractivity contribution in [1.82, 2.24) is 9.82 Å². The minimum atomic E-state index is -3.64. The van der Waals surface area contributed by atoms with Gasteiger partial charge in [0.15, 0.2) is 6.54 Å². The maximum absolute atomic E-state index is 12.0. The Morgan fingerprint density at radius 2 is 2.10 bits per heavy atom. The SMILES string of the molecule is CS(=O)(=O)NC(=O)c1c[n+](CCO)nc2ccccc12. The Bertz CT molecular complexity index is 758. The monoisotopic (exact) mass is 296 g/mol. The molecule has 2 aromatic rings. The summed E-state index contributed by atoms with van der Waals surface area (Å²) >= 11 is 0. The predicted molar refractivity (Wildman–Crippen MR) is 71.3 cm³/mol. The highest BCUT2D eigenvalue weighted by Gasteiger charge is 2.20. The van der Waals surface area contributed by atoms with Gasteiger partial charge < -0.3 is 5.11 Å². The molecule has 0 unspecified atom stereocenters. The van der Waals surface area contributed by atoms with E-state index in [1.54, 1.807) is 24.3 Å². The van der Waals surface area contributed by atoms with Crippen LogP contribution >= 0.6 is 0 Å². The Morgan fingerprint density at radius 3 is 2.75 bits per heavy atom. The number of nitrogens with one attached hydrogen (secondary N) is 1. The molecule has 0 aliphatic rings. The number of hydrogen-bond acceptors (Lipinski definition) is 5. The average molecular weight is 296 g/mol. The average Bonchev–Trinajstić information content (AvgIpc) is 2.36. The topological polar surface area (TPSA) is 100 Å². The van der Waals surface area contributed by atoms with E-state index >= 15 is 0 Å². The number of benzene rings is 1. The van der Waals surface area contributed by atoms with Crippen LogP contribution in [0.15, 0.2) is 30.5 Å². The van der Waals surface area contributed by atoms with Gasteiger partial charge in [-0.1, -0.05) is 22.9 Å². The number of carbonyl (C=O) groups is 1. The van der Waals surface area contributed by atoms with Gasteiger partial charge in [0.1, 0.15) is 17.7 Å². The first-order valence-electron chi connectivity index (χ1n) is 5.83. The number of nitrogens with zero attached hydrogens (tertiary/aromatic N) is 2. The molecule has 0 radical (unpaired) electrons. The highest BCUT2D eigenvalue weighted by atomic mass is 32.2. The predicted octanol–water partition coefficient (Wildman–Crippen LogP) is -0.796. The fraction of sp³-hybridized carbons (Fsp3) is 0.250. The number of sulfonamides is 1. The second-order valence-electron chi connectivity index (χ2n) is 4.25. The van der Waals surface area contributed by atoms with E-state index < -0.39 is 15.9 Å². The van der Waals surface area contributed by atoms with E-state index in [9.17, 15) is 13.2 Å². The minimum absolute atomic E-state index is 0.136. The number of amides is 1. The van der Waals surface area contributed by atoms with Gasteiger partial charge in [-0.2, -0.15) is 0 Å². The minimum Gasteiger partial charge on any atom is -0.390 e. The van der Waals surface area contributed by atoms with Crippen molar-refractivity contribution >= 4 is 26.8 Å². The fourth-order valence-electron chi connectivity index (χ4n) is 1.80. The lowest BCUT2D eigenvalue weighted by Gasteiger charge is -2.04. The van der Waals surface area contributed by atoms with Crippen LogP contribution in [0.3, 0.4) is 0 Å². The summed E-state index contributed by atoms with van der Waals surface area (Å²) < 4.78 is 25.7. The zero-order valence-corrected chi connectivity index (χ0v) is 11.6. The lowest BCUT2D eigenvalue weighted by atomic mass is 10.1. The van der Waals surface area contributed by atoms with Crippen molar-refractivity contribution in [3.8, 4) is 0 Å². The molecule has 1 aromatic heterocycles. The maximum atomic E-state index is 12.0. The van der Waals surface area contributed by atoms with E-state index in [2.05, 4.69) is 5.10 Å². The van der Waals surface area contributed by atoms with Crippen LogP contribution in [0.2, 0.25) is 0 Å². The molecule has 0 saturated carbocycles. The summed E-state index contributed by atoms with van der Waals surface area (Å²) in [6.07, 6.45) is 2.33. The molecule has 106 valence electrons. The first kappa shape index (κ1) is 14.4. The van der Waals surface area contributed by atoms with Gasteiger partial charge in [-0.15, -0.1) is 0 Å². The van der Waals surface area contributed by atoms with Crippen LogP contribution < -0.4 is 9.40 Å². The second kappa shape index (κ2) is 5.51. The molecule has 1 aromatic carbocycles. The van der Waals surface area contributed by atoms with Gasteiger partial charge >= 0.3 is 0 Å². The summed E-state index contributed by atoms with van der Waals surface area (Å²) in [7, 11) is -3.64. The Kier molecular flexibility index (Phi) is 3.96. The molecule has 0 aliphatic carbocycles. The first-order chi connectivity index (χ1) is 9.40. The summed E-state index contributed by atoms with van der Waals surface area (Å²) in [5.41, 5.74) is 0.733. The van der Waals surface area contributed by atoms with Crippen molar-refractivity contribution in [2.24, 2.45) is 0 Å². The van der Waals surface area contributed by atoms with E-state index in [0.29, 0.717) is 10.9 Å². The van der Waals surface area contributed by atoms with E-state index in [0.717, 1.165) is 6.26 Å². The fourth-order valence-corrected chi connectivity index (χ4v) is 2.24. The van der Waals surface area contributed by atoms with Crippen molar-refractivity contribution < 1.29 is 23.0 Å². The molecule has 7 nitrogen and oxygen atoms in total. The van der Waals surface area contributed by atoms with Gasteiger partial charge in [0.25, 0.3) is 5.91 Å². The Balaban J connectivity index is 2.57.